The topological polar surface area (TPSA) is 76.9 Å². The third kappa shape index (κ3) is 5.37. The number of piperidine rings is 1. The number of pyridine rings is 2. The van der Waals surface area contributed by atoms with Gasteiger partial charge in [-0.25, -0.2) is 4.98 Å². The molecule has 6 heteroatoms. The van der Waals surface area contributed by atoms with E-state index in [-0.39, 0.29) is 0 Å². The molecule has 2 N–H and O–H groups in total. The second-order valence-corrected chi connectivity index (χ2v) is 9.40. The summed E-state index contributed by atoms with van der Waals surface area (Å²) in [6.07, 6.45) is 10.9. The molecule has 2 aliphatic rings. The molecular weight excluding hydrogens is 420 g/mol. The standard InChI is InChI=1S/C28H32N6/c29-19-21-10-12-24(13-11-21)34-17-5-6-23(20-34)32-26-8-1-2-9-27(26)33-28-18-22(14-16-31-28)25-7-3-4-15-30-25/h3-4,7,10-16,18,23,26-27,32H,1-2,5-6,8-9,17,20H2,(H,31,33)/t23-,26+,27+/m0/s1. The van der Waals surface area contributed by atoms with Gasteiger partial charge in [-0.3, -0.25) is 4.98 Å². The fraction of sp³-hybridized carbons (Fsp3) is 0.393. The lowest BCUT2D eigenvalue weighted by atomic mass is 9.89. The SMILES string of the molecule is N#Cc1ccc(N2CCC[C@H](N[C@@H]3CCCC[C@H]3Nc3cc(-c4ccccn4)ccn3)C2)cc1. The van der Waals surface area contributed by atoms with Gasteiger partial charge in [0.25, 0.3) is 0 Å². The molecule has 3 atom stereocenters. The van der Waals surface area contributed by atoms with E-state index in [0.29, 0.717) is 23.7 Å². The summed E-state index contributed by atoms with van der Waals surface area (Å²) in [5.41, 5.74) is 3.98. The average Bonchev–Trinajstić information content (AvgIpc) is 2.91. The lowest BCUT2D eigenvalue weighted by molar-refractivity contribution is 0.293. The molecule has 0 spiro atoms. The summed E-state index contributed by atoms with van der Waals surface area (Å²) < 4.78 is 0. The summed E-state index contributed by atoms with van der Waals surface area (Å²) >= 11 is 0. The van der Waals surface area contributed by atoms with Crippen molar-refractivity contribution in [3.05, 3.63) is 72.6 Å². The maximum Gasteiger partial charge on any atom is 0.126 e. The zero-order chi connectivity index (χ0) is 23.2. The Balaban J connectivity index is 1.24. The van der Waals surface area contributed by atoms with Gasteiger partial charge in [-0.1, -0.05) is 18.9 Å². The normalized spacial score (nSPS) is 22.7. The highest BCUT2D eigenvalue weighted by Gasteiger charge is 2.29. The molecule has 1 aliphatic carbocycles. The number of nitriles is 1. The maximum absolute atomic E-state index is 9.08. The number of benzene rings is 1. The number of anilines is 2. The summed E-state index contributed by atoms with van der Waals surface area (Å²) in [4.78, 5) is 11.5. The fourth-order valence-corrected chi connectivity index (χ4v) is 5.29. The molecule has 174 valence electrons. The third-order valence-electron chi connectivity index (χ3n) is 7.05. The number of hydrogen-bond acceptors (Lipinski definition) is 6. The van der Waals surface area contributed by atoms with Gasteiger partial charge in [0.2, 0.25) is 0 Å². The van der Waals surface area contributed by atoms with E-state index >= 15 is 0 Å². The summed E-state index contributed by atoms with van der Waals surface area (Å²) in [6.45, 7) is 2.07. The fourth-order valence-electron chi connectivity index (χ4n) is 5.29. The Morgan fingerprint density at radius 2 is 1.74 bits per heavy atom. The van der Waals surface area contributed by atoms with E-state index in [9.17, 15) is 0 Å². The number of aromatic nitrogens is 2. The van der Waals surface area contributed by atoms with Gasteiger partial charge >= 0.3 is 0 Å². The molecule has 1 saturated carbocycles. The van der Waals surface area contributed by atoms with Crippen LogP contribution in [0.2, 0.25) is 0 Å². The van der Waals surface area contributed by atoms with Gasteiger partial charge < -0.3 is 15.5 Å². The van der Waals surface area contributed by atoms with Gasteiger partial charge in [0, 0.05) is 54.9 Å². The zero-order valence-electron chi connectivity index (χ0n) is 19.5. The number of nitrogens with one attached hydrogen (secondary N) is 2. The molecule has 0 bridgehead atoms. The van der Waals surface area contributed by atoms with Crippen molar-refractivity contribution in [2.45, 2.75) is 56.7 Å². The van der Waals surface area contributed by atoms with Crippen LogP contribution in [-0.4, -0.2) is 41.2 Å². The summed E-state index contributed by atoms with van der Waals surface area (Å²) in [6, 6.07) is 21.6. The second-order valence-electron chi connectivity index (χ2n) is 9.40. The Kier molecular flexibility index (Phi) is 7.02. The van der Waals surface area contributed by atoms with Gasteiger partial charge in [-0.15, -0.1) is 0 Å². The first-order valence-electron chi connectivity index (χ1n) is 12.4. The van der Waals surface area contributed by atoms with E-state index in [2.05, 4.69) is 49.8 Å². The molecule has 0 amide bonds. The minimum atomic E-state index is 0.366. The van der Waals surface area contributed by atoms with Crippen molar-refractivity contribution >= 4 is 11.5 Å². The van der Waals surface area contributed by atoms with Crippen molar-refractivity contribution in [3.63, 3.8) is 0 Å². The van der Waals surface area contributed by atoms with Gasteiger partial charge in [0.05, 0.1) is 17.3 Å². The van der Waals surface area contributed by atoms with Crippen LogP contribution < -0.4 is 15.5 Å². The van der Waals surface area contributed by atoms with E-state index in [1.165, 1.54) is 37.8 Å². The van der Waals surface area contributed by atoms with Crippen LogP contribution in [0.15, 0.2) is 67.0 Å². The van der Waals surface area contributed by atoms with Crippen LogP contribution in [0.25, 0.3) is 11.3 Å². The smallest absolute Gasteiger partial charge is 0.126 e. The van der Waals surface area contributed by atoms with Crippen molar-refractivity contribution in [3.8, 4) is 17.3 Å². The molecule has 2 aromatic heterocycles. The van der Waals surface area contributed by atoms with E-state index < -0.39 is 0 Å². The molecule has 1 saturated heterocycles. The number of hydrogen-bond donors (Lipinski definition) is 2. The van der Waals surface area contributed by atoms with Gasteiger partial charge in [0.1, 0.15) is 5.82 Å². The molecule has 3 aromatic rings. The first-order chi connectivity index (χ1) is 16.8. The predicted octanol–water partition coefficient (Wildman–Crippen LogP) is 5.00. The Morgan fingerprint density at radius 1 is 0.882 bits per heavy atom. The highest BCUT2D eigenvalue weighted by atomic mass is 15.2. The summed E-state index contributed by atoms with van der Waals surface area (Å²) in [5, 5.41) is 16.8. The minimum Gasteiger partial charge on any atom is -0.370 e. The average molecular weight is 453 g/mol. The van der Waals surface area contributed by atoms with Gasteiger partial charge in [-0.2, -0.15) is 5.26 Å². The Labute approximate surface area is 202 Å². The molecule has 34 heavy (non-hydrogen) atoms. The van der Waals surface area contributed by atoms with Crippen molar-refractivity contribution in [1.29, 1.82) is 5.26 Å². The molecule has 3 heterocycles. The highest BCUT2D eigenvalue weighted by molar-refractivity contribution is 5.62. The third-order valence-corrected chi connectivity index (χ3v) is 7.05. The molecule has 2 fully saturated rings. The molecule has 1 aromatic carbocycles. The molecule has 0 unspecified atom stereocenters. The largest absolute Gasteiger partial charge is 0.370 e. The van der Waals surface area contributed by atoms with E-state index in [4.69, 9.17) is 5.26 Å². The maximum atomic E-state index is 9.08. The van der Waals surface area contributed by atoms with Crippen molar-refractivity contribution in [2.75, 3.05) is 23.3 Å². The van der Waals surface area contributed by atoms with Gasteiger partial charge in [-0.05, 0) is 74.2 Å². The number of rotatable bonds is 6. The van der Waals surface area contributed by atoms with Crippen LogP contribution in [0.1, 0.15) is 44.1 Å². The van der Waals surface area contributed by atoms with E-state index in [0.717, 1.165) is 36.6 Å². The quantitative estimate of drug-likeness (QED) is 0.548. The first kappa shape index (κ1) is 22.4. The summed E-state index contributed by atoms with van der Waals surface area (Å²) in [5.74, 6) is 0.921. The van der Waals surface area contributed by atoms with Crippen LogP contribution in [0, 0.1) is 11.3 Å². The lowest BCUT2D eigenvalue weighted by Gasteiger charge is -2.40. The van der Waals surface area contributed by atoms with E-state index in [1.54, 1.807) is 0 Å². The van der Waals surface area contributed by atoms with Crippen molar-refractivity contribution in [1.82, 2.24) is 15.3 Å². The summed E-state index contributed by atoms with van der Waals surface area (Å²) in [7, 11) is 0. The van der Waals surface area contributed by atoms with Crippen molar-refractivity contribution < 1.29 is 0 Å². The molecule has 1 aliphatic heterocycles. The Bertz CT molecular complexity index is 1110. The Morgan fingerprint density at radius 3 is 2.53 bits per heavy atom. The molecule has 0 radical (unpaired) electrons. The lowest BCUT2D eigenvalue weighted by Crippen LogP contribution is -2.54. The van der Waals surface area contributed by atoms with Crippen LogP contribution >= 0.6 is 0 Å². The molecule has 6 nitrogen and oxygen atoms in total. The van der Waals surface area contributed by atoms with Crippen LogP contribution in [0.5, 0.6) is 0 Å². The first-order valence-corrected chi connectivity index (χ1v) is 12.4. The highest BCUT2D eigenvalue weighted by Crippen LogP contribution is 2.26. The molecule has 5 rings (SSSR count). The predicted molar refractivity (Wildman–Crippen MR) is 137 cm³/mol. The minimum absolute atomic E-state index is 0.366. The van der Waals surface area contributed by atoms with Crippen molar-refractivity contribution in [2.24, 2.45) is 0 Å². The van der Waals surface area contributed by atoms with Crippen LogP contribution in [0.4, 0.5) is 11.5 Å². The number of nitrogens with zero attached hydrogens (tertiary/aromatic N) is 4. The Hall–Kier alpha value is -3.43. The second kappa shape index (κ2) is 10.7. The van der Waals surface area contributed by atoms with Crippen LogP contribution in [-0.2, 0) is 0 Å². The van der Waals surface area contributed by atoms with E-state index in [1.807, 2.05) is 48.8 Å². The monoisotopic (exact) mass is 452 g/mol. The molecular formula is C28H32N6. The van der Waals surface area contributed by atoms with Crippen LogP contribution in [0.3, 0.4) is 0 Å². The zero-order valence-corrected chi connectivity index (χ0v) is 19.5. The van der Waals surface area contributed by atoms with Gasteiger partial charge in [0.15, 0.2) is 0 Å².